The average molecular weight is 987 g/mol. The summed E-state index contributed by atoms with van der Waals surface area (Å²) in [5.74, 6) is 0.671. The Balaban J connectivity index is 1.28. The first-order valence-corrected chi connectivity index (χ1v) is 27.9. The van der Waals surface area contributed by atoms with E-state index >= 15 is 0 Å². The first kappa shape index (κ1) is 56.2. The molecule has 0 aliphatic heterocycles. The fourth-order valence-electron chi connectivity index (χ4n) is 9.08. The van der Waals surface area contributed by atoms with Crippen molar-refractivity contribution >= 4 is 11.9 Å². The molecule has 4 aromatic carbocycles. The molecule has 2 heterocycles. The number of hydrogen-bond acceptors (Lipinski definition) is 9. The summed E-state index contributed by atoms with van der Waals surface area (Å²) in [6.45, 7) is 9.69. The summed E-state index contributed by atoms with van der Waals surface area (Å²) in [6.07, 6.45) is 31.6. The number of aromatic nitrogens is 4. The highest BCUT2D eigenvalue weighted by molar-refractivity contribution is 5.90. The van der Waals surface area contributed by atoms with Crippen molar-refractivity contribution in [3.63, 3.8) is 0 Å². The van der Waals surface area contributed by atoms with Gasteiger partial charge in [-0.3, -0.25) is 0 Å². The van der Waals surface area contributed by atoms with E-state index in [2.05, 4.69) is 52.0 Å². The van der Waals surface area contributed by atoms with Gasteiger partial charge in [0.1, 0.15) is 12.2 Å². The van der Waals surface area contributed by atoms with Crippen molar-refractivity contribution in [3.05, 3.63) is 166 Å². The van der Waals surface area contributed by atoms with Gasteiger partial charge in [-0.15, -0.1) is 0 Å². The molecule has 0 N–H and O–H groups in total. The number of unbranched alkanes of at least 4 members (excludes halogenated alkanes) is 16. The van der Waals surface area contributed by atoms with Crippen molar-refractivity contribution < 1.29 is 23.8 Å². The Morgan fingerprint density at radius 1 is 0.370 bits per heavy atom. The third-order valence-electron chi connectivity index (χ3n) is 13.6. The summed E-state index contributed by atoms with van der Waals surface area (Å²) in [4.78, 5) is 45.5. The number of carbonyl (C=O) groups excluding carboxylic acids is 2. The number of ether oxygens (including phenoxy) is 3. The fourth-order valence-corrected chi connectivity index (χ4v) is 9.08. The Morgan fingerprint density at radius 3 is 0.986 bits per heavy atom. The van der Waals surface area contributed by atoms with Crippen LogP contribution in [0.2, 0.25) is 0 Å². The highest BCUT2D eigenvalue weighted by atomic mass is 16.5. The summed E-state index contributed by atoms with van der Waals surface area (Å²) >= 11 is 0. The number of esters is 2. The zero-order valence-corrected chi connectivity index (χ0v) is 44.5. The molecule has 0 radical (unpaired) electrons. The van der Waals surface area contributed by atoms with Crippen LogP contribution in [0, 0.1) is 0 Å². The largest absolute Gasteiger partial charge is 0.462 e. The van der Waals surface area contributed by atoms with Gasteiger partial charge in [0, 0.05) is 35.9 Å². The number of aryl methyl sites for hydroxylation is 2. The maximum atomic E-state index is 13.3. The highest BCUT2D eigenvalue weighted by Gasteiger charge is 2.25. The van der Waals surface area contributed by atoms with Crippen LogP contribution in [0.4, 0.5) is 0 Å². The predicted octanol–water partition coefficient (Wildman–Crippen LogP) is 16.8. The molecule has 0 spiro atoms. The van der Waals surface area contributed by atoms with E-state index in [1.807, 2.05) is 97.6 Å². The summed E-state index contributed by atoms with van der Waals surface area (Å²) in [7, 11) is 0. The van der Waals surface area contributed by atoms with Crippen LogP contribution in [-0.2, 0) is 27.1 Å². The van der Waals surface area contributed by atoms with Gasteiger partial charge >= 0.3 is 11.9 Å². The second kappa shape index (κ2) is 32.2. The molecule has 388 valence electrons. The number of carbonyl (C=O) groups is 2. The third-order valence-corrected chi connectivity index (χ3v) is 13.6. The molecule has 0 aliphatic rings. The van der Waals surface area contributed by atoms with E-state index in [1.54, 1.807) is 0 Å². The number of nitrogens with zero attached hydrogens (tertiary/aromatic N) is 4. The van der Waals surface area contributed by atoms with Gasteiger partial charge in [0.15, 0.2) is 11.6 Å². The van der Waals surface area contributed by atoms with E-state index in [9.17, 15) is 9.59 Å². The Morgan fingerprint density at radius 2 is 0.658 bits per heavy atom. The molecule has 6 rings (SSSR count). The first-order valence-electron chi connectivity index (χ1n) is 27.9. The van der Waals surface area contributed by atoms with Crippen molar-refractivity contribution in [2.24, 2.45) is 0 Å². The Labute approximate surface area is 437 Å². The summed E-state index contributed by atoms with van der Waals surface area (Å²) in [5, 5.41) is 0. The van der Waals surface area contributed by atoms with Crippen LogP contribution in [0.1, 0.15) is 222 Å². The van der Waals surface area contributed by atoms with Crippen LogP contribution < -0.4 is 0 Å². The van der Waals surface area contributed by atoms with E-state index in [0.29, 0.717) is 36.0 Å². The molecule has 9 nitrogen and oxygen atoms in total. The Kier molecular flexibility index (Phi) is 24.8. The first-order chi connectivity index (χ1) is 35.9. The molecule has 0 bridgehead atoms. The standard InChI is InChI=1S/C64H82N4O5/c1-5-9-13-17-19-23-43-71-63(69)57-39-31-53(32-40-57)59(51-27-35-55(36-28-51)61-65-45-49(46-66-61)25-21-15-11-7-3)73-60(54-33-41-58(42-34-54)64(70)72-44-24-20-18-14-10-6-2)52-29-37-56(38-30-52)62-67-47-50(48-68-62)26-22-16-12-8-4/h27-42,45-48,59-60H,5-26,43-44H2,1-4H3. The van der Waals surface area contributed by atoms with Crippen molar-refractivity contribution in [3.8, 4) is 22.8 Å². The van der Waals surface area contributed by atoms with Crippen molar-refractivity contribution in [2.75, 3.05) is 13.2 Å². The normalized spacial score (nSPS) is 12.1. The zero-order chi connectivity index (χ0) is 51.3. The second-order valence-electron chi connectivity index (χ2n) is 19.6. The van der Waals surface area contributed by atoms with Gasteiger partial charge in [-0.05, 0) is 96.2 Å². The number of hydrogen-bond donors (Lipinski definition) is 0. The van der Waals surface area contributed by atoms with Gasteiger partial charge in [-0.2, -0.15) is 0 Å². The molecule has 2 atom stereocenters. The molecule has 0 saturated carbocycles. The Hall–Kier alpha value is -6.06. The van der Waals surface area contributed by atoms with E-state index in [1.165, 1.54) is 77.0 Å². The lowest BCUT2D eigenvalue weighted by Gasteiger charge is -2.27. The van der Waals surface area contributed by atoms with Gasteiger partial charge in [-0.25, -0.2) is 29.5 Å². The molecule has 9 heteroatoms. The number of benzene rings is 4. The monoisotopic (exact) mass is 987 g/mol. The highest BCUT2D eigenvalue weighted by Crippen LogP contribution is 2.38. The van der Waals surface area contributed by atoms with Crippen LogP contribution in [0.25, 0.3) is 22.8 Å². The van der Waals surface area contributed by atoms with Crippen LogP contribution >= 0.6 is 0 Å². The smallest absolute Gasteiger partial charge is 0.338 e. The minimum Gasteiger partial charge on any atom is -0.462 e. The van der Waals surface area contributed by atoms with Crippen LogP contribution in [0.15, 0.2) is 122 Å². The molecule has 0 aliphatic carbocycles. The topological polar surface area (TPSA) is 113 Å². The fraction of sp³-hybridized carbons (Fsp3) is 0.469. The molecule has 0 saturated heterocycles. The summed E-state index contributed by atoms with van der Waals surface area (Å²) < 4.78 is 18.8. The van der Waals surface area contributed by atoms with Gasteiger partial charge in [0.05, 0.1) is 24.3 Å². The zero-order valence-electron chi connectivity index (χ0n) is 44.5. The molecular formula is C64H82N4O5. The molecule has 0 fully saturated rings. The van der Waals surface area contributed by atoms with Gasteiger partial charge < -0.3 is 14.2 Å². The minimum atomic E-state index is -0.575. The summed E-state index contributed by atoms with van der Waals surface area (Å²) in [6, 6.07) is 31.6. The molecule has 2 aromatic heterocycles. The minimum absolute atomic E-state index is 0.331. The SMILES string of the molecule is CCCCCCCCOC(=O)c1ccc(C(OC(c2ccc(C(=O)OCCCCCCCC)cc2)c2ccc(-c3ncc(CCCCCC)cn3)cc2)c2ccc(-c3ncc(CCCCCC)cn3)cc2)cc1. The van der Waals surface area contributed by atoms with E-state index in [0.717, 1.165) is 109 Å². The van der Waals surface area contributed by atoms with Crippen molar-refractivity contribution in [1.82, 2.24) is 19.9 Å². The molecule has 2 unspecified atom stereocenters. The lowest BCUT2D eigenvalue weighted by molar-refractivity contribution is 0.0307. The molecule has 73 heavy (non-hydrogen) atoms. The molecular weight excluding hydrogens is 905 g/mol. The maximum Gasteiger partial charge on any atom is 0.338 e. The molecule has 0 amide bonds. The van der Waals surface area contributed by atoms with Gasteiger partial charge in [0.2, 0.25) is 0 Å². The summed E-state index contributed by atoms with van der Waals surface area (Å²) in [5.41, 5.74) is 8.64. The van der Waals surface area contributed by atoms with E-state index in [4.69, 9.17) is 34.1 Å². The van der Waals surface area contributed by atoms with Gasteiger partial charge in [-0.1, -0.05) is 203 Å². The second-order valence-corrected chi connectivity index (χ2v) is 19.6. The van der Waals surface area contributed by atoms with Gasteiger partial charge in [0.25, 0.3) is 0 Å². The number of rotatable bonds is 34. The lowest BCUT2D eigenvalue weighted by Crippen LogP contribution is -2.14. The third kappa shape index (κ3) is 18.7. The lowest BCUT2D eigenvalue weighted by atomic mass is 9.95. The van der Waals surface area contributed by atoms with E-state index in [-0.39, 0.29) is 11.9 Å². The quantitative estimate of drug-likeness (QED) is 0.0288. The van der Waals surface area contributed by atoms with E-state index < -0.39 is 12.2 Å². The van der Waals surface area contributed by atoms with Crippen LogP contribution in [0.3, 0.4) is 0 Å². The van der Waals surface area contributed by atoms with Crippen LogP contribution in [-0.4, -0.2) is 45.1 Å². The maximum absolute atomic E-state index is 13.3. The Bertz CT molecular complexity index is 2280. The van der Waals surface area contributed by atoms with Crippen molar-refractivity contribution in [2.45, 2.75) is 181 Å². The average Bonchev–Trinajstić information content (AvgIpc) is 3.43. The van der Waals surface area contributed by atoms with Crippen molar-refractivity contribution in [1.29, 1.82) is 0 Å². The van der Waals surface area contributed by atoms with Crippen LogP contribution in [0.5, 0.6) is 0 Å². The predicted molar refractivity (Wildman–Crippen MR) is 296 cm³/mol. The molecule has 6 aromatic rings.